The number of hydrazine groups is 1. The molecule has 0 aromatic carbocycles. The molecule has 112 valence electrons. The van der Waals surface area contributed by atoms with Crippen molar-refractivity contribution in [2.45, 2.75) is 70.8 Å². The lowest BCUT2D eigenvalue weighted by Crippen LogP contribution is -2.23. The SMILES string of the molecule is CC(C)c1c(NN)ncnc1NC1CCCCCCC1. The van der Waals surface area contributed by atoms with Crippen LogP contribution in [0.15, 0.2) is 6.33 Å². The van der Waals surface area contributed by atoms with Crippen LogP contribution in [0.25, 0.3) is 0 Å². The van der Waals surface area contributed by atoms with Gasteiger partial charge in [0, 0.05) is 11.6 Å². The van der Waals surface area contributed by atoms with E-state index in [0.29, 0.717) is 12.0 Å². The summed E-state index contributed by atoms with van der Waals surface area (Å²) in [5.74, 6) is 7.56. The molecule has 20 heavy (non-hydrogen) atoms. The second-order valence-corrected chi connectivity index (χ2v) is 5.97. The quantitative estimate of drug-likeness (QED) is 0.581. The first kappa shape index (κ1) is 15.0. The van der Waals surface area contributed by atoms with Crippen molar-refractivity contribution in [3.63, 3.8) is 0 Å². The Morgan fingerprint density at radius 2 is 1.65 bits per heavy atom. The van der Waals surface area contributed by atoms with E-state index in [-0.39, 0.29) is 0 Å². The molecule has 0 radical (unpaired) electrons. The van der Waals surface area contributed by atoms with E-state index in [2.05, 4.69) is 34.6 Å². The maximum Gasteiger partial charge on any atom is 0.148 e. The van der Waals surface area contributed by atoms with Gasteiger partial charge < -0.3 is 10.7 Å². The fourth-order valence-electron chi connectivity index (χ4n) is 2.97. The summed E-state index contributed by atoms with van der Waals surface area (Å²) in [6.45, 7) is 4.28. The molecule has 1 fully saturated rings. The molecular formula is C15H27N5. The van der Waals surface area contributed by atoms with Crippen molar-refractivity contribution in [2.75, 3.05) is 10.7 Å². The van der Waals surface area contributed by atoms with E-state index < -0.39 is 0 Å². The average Bonchev–Trinajstić information content (AvgIpc) is 2.41. The van der Waals surface area contributed by atoms with E-state index in [4.69, 9.17) is 5.84 Å². The summed E-state index contributed by atoms with van der Waals surface area (Å²) in [4.78, 5) is 8.66. The largest absolute Gasteiger partial charge is 0.367 e. The molecule has 5 heteroatoms. The normalized spacial score (nSPS) is 17.6. The smallest absolute Gasteiger partial charge is 0.148 e. The zero-order chi connectivity index (χ0) is 14.4. The van der Waals surface area contributed by atoms with Crippen LogP contribution in [0, 0.1) is 0 Å². The monoisotopic (exact) mass is 277 g/mol. The molecule has 0 aliphatic heterocycles. The molecule has 0 atom stereocenters. The standard InChI is InChI=1S/C15H27N5/c1-11(2)13-14(17-10-18-15(13)20-16)19-12-8-6-4-3-5-7-9-12/h10-12H,3-9,16H2,1-2H3,(H2,17,18,19,20). The predicted octanol–water partition coefficient (Wildman–Crippen LogP) is 3.41. The van der Waals surface area contributed by atoms with E-state index in [9.17, 15) is 0 Å². The van der Waals surface area contributed by atoms with E-state index in [0.717, 1.165) is 17.2 Å². The number of anilines is 2. The van der Waals surface area contributed by atoms with Gasteiger partial charge in [0.25, 0.3) is 0 Å². The zero-order valence-electron chi connectivity index (χ0n) is 12.7. The molecule has 1 aliphatic rings. The number of rotatable bonds is 4. The molecule has 0 saturated heterocycles. The van der Waals surface area contributed by atoms with Crippen molar-refractivity contribution in [3.8, 4) is 0 Å². The Balaban J connectivity index is 2.14. The van der Waals surface area contributed by atoms with Crippen molar-refractivity contribution in [1.82, 2.24) is 9.97 Å². The van der Waals surface area contributed by atoms with Crippen LogP contribution in [-0.2, 0) is 0 Å². The van der Waals surface area contributed by atoms with Crippen LogP contribution in [0.2, 0.25) is 0 Å². The topological polar surface area (TPSA) is 75.9 Å². The van der Waals surface area contributed by atoms with Crippen LogP contribution in [0.5, 0.6) is 0 Å². The Morgan fingerprint density at radius 3 is 2.25 bits per heavy atom. The van der Waals surface area contributed by atoms with Crippen LogP contribution < -0.4 is 16.6 Å². The molecule has 1 aliphatic carbocycles. The van der Waals surface area contributed by atoms with E-state index >= 15 is 0 Å². The van der Waals surface area contributed by atoms with Crippen LogP contribution >= 0.6 is 0 Å². The summed E-state index contributed by atoms with van der Waals surface area (Å²) in [7, 11) is 0. The van der Waals surface area contributed by atoms with Gasteiger partial charge in [-0.2, -0.15) is 0 Å². The summed E-state index contributed by atoms with van der Waals surface area (Å²) in [6, 6.07) is 0.522. The van der Waals surface area contributed by atoms with Gasteiger partial charge in [-0.15, -0.1) is 0 Å². The molecular weight excluding hydrogens is 250 g/mol. The summed E-state index contributed by atoms with van der Waals surface area (Å²) >= 11 is 0. The molecule has 5 nitrogen and oxygen atoms in total. The van der Waals surface area contributed by atoms with Gasteiger partial charge in [0.05, 0.1) is 0 Å². The number of nitrogen functional groups attached to an aromatic ring is 1. The Kier molecular flexibility index (Phi) is 5.59. The summed E-state index contributed by atoms with van der Waals surface area (Å²) in [5, 5.41) is 3.63. The third-order valence-corrected chi connectivity index (χ3v) is 4.04. The van der Waals surface area contributed by atoms with Crippen molar-refractivity contribution in [1.29, 1.82) is 0 Å². The third kappa shape index (κ3) is 3.82. The van der Waals surface area contributed by atoms with Gasteiger partial charge in [-0.1, -0.05) is 46.0 Å². The number of nitrogens with one attached hydrogen (secondary N) is 2. The molecule has 1 aromatic heterocycles. The van der Waals surface area contributed by atoms with Gasteiger partial charge in [-0.05, 0) is 18.8 Å². The lowest BCUT2D eigenvalue weighted by molar-refractivity contribution is 0.470. The number of hydrogen-bond donors (Lipinski definition) is 3. The molecule has 0 spiro atoms. The Bertz CT molecular complexity index is 411. The first-order chi connectivity index (χ1) is 9.72. The highest BCUT2D eigenvalue weighted by molar-refractivity contribution is 5.58. The van der Waals surface area contributed by atoms with Gasteiger partial charge in [-0.3, -0.25) is 0 Å². The van der Waals surface area contributed by atoms with Crippen molar-refractivity contribution >= 4 is 11.6 Å². The van der Waals surface area contributed by atoms with E-state index in [1.165, 1.54) is 44.9 Å². The fraction of sp³-hybridized carbons (Fsp3) is 0.733. The Labute approximate surface area is 121 Å². The molecule has 1 saturated carbocycles. The highest BCUT2D eigenvalue weighted by atomic mass is 15.3. The highest BCUT2D eigenvalue weighted by Gasteiger charge is 2.18. The fourth-order valence-corrected chi connectivity index (χ4v) is 2.97. The van der Waals surface area contributed by atoms with Gasteiger partial charge in [0.15, 0.2) is 0 Å². The molecule has 0 amide bonds. The average molecular weight is 277 g/mol. The van der Waals surface area contributed by atoms with E-state index in [1.54, 1.807) is 6.33 Å². The number of aromatic nitrogens is 2. The predicted molar refractivity (Wildman–Crippen MR) is 83.7 cm³/mol. The number of nitrogens with zero attached hydrogens (tertiary/aromatic N) is 2. The molecule has 4 N–H and O–H groups in total. The molecule has 0 unspecified atom stereocenters. The minimum Gasteiger partial charge on any atom is -0.367 e. The first-order valence-corrected chi connectivity index (χ1v) is 7.80. The van der Waals surface area contributed by atoms with Crippen LogP contribution in [0.4, 0.5) is 11.6 Å². The Morgan fingerprint density at radius 1 is 1.05 bits per heavy atom. The van der Waals surface area contributed by atoms with E-state index in [1.807, 2.05) is 0 Å². The highest BCUT2D eigenvalue weighted by Crippen LogP contribution is 2.29. The zero-order valence-corrected chi connectivity index (χ0v) is 12.7. The minimum absolute atomic E-state index is 0.332. The lowest BCUT2D eigenvalue weighted by Gasteiger charge is -2.24. The summed E-state index contributed by atoms with van der Waals surface area (Å²) < 4.78 is 0. The maximum absolute atomic E-state index is 5.57. The van der Waals surface area contributed by atoms with Crippen molar-refractivity contribution in [3.05, 3.63) is 11.9 Å². The molecule has 0 bridgehead atoms. The number of hydrogen-bond acceptors (Lipinski definition) is 5. The summed E-state index contributed by atoms with van der Waals surface area (Å²) in [5.41, 5.74) is 3.77. The number of nitrogens with two attached hydrogens (primary N) is 1. The first-order valence-electron chi connectivity index (χ1n) is 7.80. The van der Waals surface area contributed by atoms with Gasteiger partial charge in [-0.25, -0.2) is 15.8 Å². The molecule has 2 rings (SSSR count). The van der Waals surface area contributed by atoms with Gasteiger partial charge in [0.2, 0.25) is 0 Å². The van der Waals surface area contributed by atoms with Crippen LogP contribution in [0.1, 0.15) is 70.3 Å². The summed E-state index contributed by atoms with van der Waals surface area (Å²) in [6.07, 6.45) is 10.7. The second kappa shape index (κ2) is 7.43. The van der Waals surface area contributed by atoms with Gasteiger partial charge in [0.1, 0.15) is 18.0 Å². The minimum atomic E-state index is 0.332. The Hall–Kier alpha value is -1.36. The van der Waals surface area contributed by atoms with Crippen LogP contribution in [0.3, 0.4) is 0 Å². The lowest BCUT2D eigenvalue weighted by atomic mass is 9.96. The van der Waals surface area contributed by atoms with Crippen LogP contribution in [-0.4, -0.2) is 16.0 Å². The van der Waals surface area contributed by atoms with Crippen molar-refractivity contribution in [2.24, 2.45) is 5.84 Å². The maximum atomic E-state index is 5.57. The second-order valence-electron chi connectivity index (χ2n) is 5.97. The molecule has 1 aromatic rings. The van der Waals surface area contributed by atoms with Crippen molar-refractivity contribution < 1.29 is 0 Å². The molecule has 1 heterocycles. The van der Waals surface area contributed by atoms with Gasteiger partial charge >= 0.3 is 0 Å². The third-order valence-electron chi connectivity index (χ3n) is 4.04.